The minimum Gasteiger partial charge on any atom is -0.361 e. The van der Waals surface area contributed by atoms with Crippen molar-refractivity contribution in [3.63, 3.8) is 0 Å². The summed E-state index contributed by atoms with van der Waals surface area (Å²) in [5.74, 6) is -0.870. The number of hydrogen-bond donors (Lipinski definition) is 3. The molecule has 170 valence electrons. The number of anilines is 1. The first-order valence-electron chi connectivity index (χ1n) is 10.3. The van der Waals surface area contributed by atoms with Crippen molar-refractivity contribution in [1.82, 2.24) is 15.2 Å². The molecule has 2 aromatic carbocycles. The highest BCUT2D eigenvalue weighted by Crippen LogP contribution is 2.34. The summed E-state index contributed by atoms with van der Waals surface area (Å²) < 4.78 is 39.3. The molecular weight excluding hydrogens is 421 g/mol. The predicted octanol–water partition coefficient (Wildman–Crippen LogP) is 3.81. The average Bonchev–Trinajstić information content (AvgIpc) is 3.16. The average molecular weight is 446 g/mol. The van der Waals surface area contributed by atoms with E-state index in [1.165, 1.54) is 18.2 Å². The Balaban J connectivity index is 1.48. The van der Waals surface area contributed by atoms with Crippen LogP contribution >= 0.6 is 0 Å². The Morgan fingerprint density at radius 3 is 2.44 bits per heavy atom. The van der Waals surface area contributed by atoms with Gasteiger partial charge in [-0.2, -0.15) is 13.2 Å². The third-order valence-electron chi connectivity index (χ3n) is 5.08. The van der Waals surface area contributed by atoms with E-state index in [0.717, 1.165) is 22.5 Å². The number of nitrogens with one attached hydrogen (secondary N) is 3. The van der Waals surface area contributed by atoms with Gasteiger partial charge in [-0.15, -0.1) is 0 Å². The van der Waals surface area contributed by atoms with Gasteiger partial charge in [0.25, 0.3) is 0 Å². The first-order chi connectivity index (χ1) is 15.3. The molecular formula is C23H25F3N4O2. The minimum absolute atomic E-state index is 0.0290. The van der Waals surface area contributed by atoms with Gasteiger partial charge < -0.3 is 15.6 Å². The summed E-state index contributed by atoms with van der Waals surface area (Å²) in [5, 5.41) is 6.23. The summed E-state index contributed by atoms with van der Waals surface area (Å²) in [5.41, 5.74) is 0.913. The van der Waals surface area contributed by atoms with Crippen molar-refractivity contribution in [3.05, 3.63) is 65.9 Å². The molecule has 3 rings (SSSR count). The number of carbonyl (C=O) groups is 2. The summed E-state index contributed by atoms with van der Waals surface area (Å²) in [4.78, 5) is 29.3. The Hall–Kier alpha value is -3.33. The van der Waals surface area contributed by atoms with Crippen molar-refractivity contribution < 1.29 is 22.8 Å². The third kappa shape index (κ3) is 6.10. The van der Waals surface area contributed by atoms with E-state index in [2.05, 4.69) is 15.6 Å². The van der Waals surface area contributed by atoms with Crippen LogP contribution in [0.15, 0.2) is 54.7 Å². The monoisotopic (exact) mass is 446 g/mol. The molecule has 0 saturated heterocycles. The number of H-pyrrole nitrogens is 1. The molecule has 0 atom stereocenters. The molecule has 3 aromatic rings. The van der Waals surface area contributed by atoms with E-state index in [9.17, 15) is 22.8 Å². The molecule has 2 amide bonds. The molecule has 0 aliphatic carbocycles. The van der Waals surface area contributed by atoms with Crippen molar-refractivity contribution in [1.29, 1.82) is 0 Å². The molecule has 6 nitrogen and oxygen atoms in total. The topological polar surface area (TPSA) is 77.2 Å². The van der Waals surface area contributed by atoms with Gasteiger partial charge in [-0.05, 0) is 36.7 Å². The van der Waals surface area contributed by atoms with Gasteiger partial charge in [-0.25, -0.2) is 0 Å². The number of rotatable bonds is 9. The summed E-state index contributed by atoms with van der Waals surface area (Å²) in [6.07, 6.45) is -2.01. The molecule has 0 aliphatic heterocycles. The number of para-hydroxylation sites is 2. The second-order valence-corrected chi connectivity index (χ2v) is 7.35. The molecule has 0 aliphatic rings. The van der Waals surface area contributed by atoms with Gasteiger partial charge in [0.2, 0.25) is 11.8 Å². The first kappa shape index (κ1) is 23.3. The van der Waals surface area contributed by atoms with Crippen LogP contribution in [0.5, 0.6) is 0 Å². The second kappa shape index (κ2) is 10.3. The molecule has 0 bridgehead atoms. The number of hydrogen-bond acceptors (Lipinski definition) is 3. The van der Waals surface area contributed by atoms with Gasteiger partial charge in [-0.1, -0.05) is 37.3 Å². The molecule has 9 heteroatoms. The van der Waals surface area contributed by atoms with Gasteiger partial charge in [0.1, 0.15) is 0 Å². The lowest BCUT2D eigenvalue weighted by Gasteiger charge is -2.20. The quantitative estimate of drug-likeness (QED) is 0.468. The lowest BCUT2D eigenvalue weighted by atomic mass is 10.1. The Labute approximate surface area is 183 Å². The van der Waals surface area contributed by atoms with Crippen molar-refractivity contribution >= 4 is 28.4 Å². The van der Waals surface area contributed by atoms with Crippen LogP contribution in [0.3, 0.4) is 0 Å². The van der Waals surface area contributed by atoms with Gasteiger partial charge in [-0.3, -0.25) is 14.5 Å². The number of amides is 2. The highest BCUT2D eigenvalue weighted by molar-refractivity contribution is 5.93. The number of aromatic amines is 1. The largest absolute Gasteiger partial charge is 0.418 e. The van der Waals surface area contributed by atoms with Crippen molar-refractivity contribution in [3.8, 4) is 0 Å². The Morgan fingerprint density at radius 1 is 1.00 bits per heavy atom. The van der Waals surface area contributed by atoms with Gasteiger partial charge in [0.15, 0.2) is 0 Å². The van der Waals surface area contributed by atoms with Crippen LogP contribution in [0.1, 0.15) is 18.1 Å². The van der Waals surface area contributed by atoms with Crippen LogP contribution in [-0.2, 0) is 22.2 Å². The standard InChI is InChI=1S/C23H25F3N4O2/c1-2-30(15-22(32)29-20-10-6-4-8-18(20)23(24,25)26)14-21(31)27-12-11-16-13-28-19-9-5-3-7-17(16)19/h3-10,13,28H,2,11-12,14-15H2,1H3,(H,27,31)(H,29,32). The first-order valence-corrected chi connectivity index (χ1v) is 10.3. The fourth-order valence-electron chi connectivity index (χ4n) is 3.45. The summed E-state index contributed by atoms with van der Waals surface area (Å²) >= 11 is 0. The van der Waals surface area contributed by atoms with Crippen LogP contribution in [0.4, 0.5) is 18.9 Å². The molecule has 0 spiro atoms. The molecule has 32 heavy (non-hydrogen) atoms. The highest BCUT2D eigenvalue weighted by atomic mass is 19.4. The van der Waals surface area contributed by atoms with E-state index in [4.69, 9.17) is 0 Å². The number of likely N-dealkylation sites (N-methyl/N-ethyl adjacent to an activating group) is 1. The van der Waals surface area contributed by atoms with E-state index in [-0.39, 0.29) is 24.7 Å². The van der Waals surface area contributed by atoms with Gasteiger partial charge >= 0.3 is 6.18 Å². The number of nitrogens with zero attached hydrogens (tertiary/aromatic N) is 1. The van der Waals surface area contributed by atoms with Crippen molar-refractivity contribution in [2.24, 2.45) is 0 Å². The fourth-order valence-corrected chi connectivity index (χ4v) is 3.45. The molecule has 0 radical (unpaired) electrons. The molecule has 0 unspecified atom stereocenters. The Morgan fingerprint density at radius 2 is 1.69 bits per heavy atom. The number of halogens is 3. The zero-order valence-electron chi connectivity index (χ0n) is 17.6. The molecule has 1 aromatic heterocycles. The smallest absolute Gasteiger partial charge is 0.361 e. The second-order valence-electron chi connectivity index (χ2n) is 7.35. The van der Waals surface area contributed by atoms with Crippen LogP contribution < -0.4 is 10.6 Å². The zero-order valence-corrected chi connectivity index (χ0v) is 17.6. The molecule has 1 heterocycles. The van der Waals surface area contributed by atoms with Crippen LogP contribution in [-0.4, -0.2) is 47.9 Å². The van der Waals surface area contributed by atoms with E-state index in [0.29, 0.717) is 19.5 Å². The number of aromatic nitrogens is 1. The number of carbonyl (C=O) groups excluding carboxylic acids is 2. The van der Waals surface area contributed by atoms with E-state index in [1.807, 2.05) is 30.5 Å². The van der Waals surface area contributed by atoms with Crippen molar-refractivity contribution in [2.75, 3.05) is 31.5 Å². The SMILES string of the molecule is CCN(CC(=O)NCCc1c[nH]c2ccccc12)CC(=O)Nc1ccccc1C(F)(F)F. The summed E-state index contributed by atoms with van der Waals surface area (Å²) in [6, 6.07) is 12.7. The normalized spacial score (nSPS) is 11.7. The van der Waals surface area contributed by atoms with Gasteiger partial charge in [0.05, 0.1) is 24.3 Å². The number of benzene rings is 2. The predicted molar refractivity (Wildman–Crippen MR) is 117 cm³/mol. The maximum Gasteiger partial charge on any atom is 0.418 e. The maximum absolute atomic E-state index is 13.1. The molecule has 0 fully saturated rings. The summed E-state index contributed by atoms with van der Waals surface area (Å²) in [6.45, 7) is 2.38. The Bertz CT molecular complexity index is 1080. The van der Waals surface area contributed by atoms with Crippen LogP contribution in [0, 0.1) is 0 Å². The summed E-state index contributed by atoms with van der Waals surface area (Å²) in [7, 11) is 0. The number of fused-ring (bicyclic) bond motifs is 1. The van der Waals surface area contributed by atoms with Gasteiger partial charge in [0, 0.05) is 23.6 Å². The Kier molecular flexibility index (Phi) is 7.53. The van der Waals surface area contributed by atoms with E-state index >= 15 is 0 Å². The molecule has 3 N–H and O–H groups in total. The van der Waals surface area contributed by atoms with E-state index < -0.39 is 17.6 Å². The van der Waals surface area contributed by atoms with Crippen LogP contribution in [0.2, 0.25) is 0 Å². The highest BCUT2D eigenvalue weighted by Gasteiger charge is 2.33. The minimum atomic E-state index is -4.57. The third-order valence-corrected chi connectivity index (χ3v) is 5.08. The maximum atomic E-state index is 13.1. The van der Waals surface area contributed by atoms with Crippen molar-refractivity contribution in [2.45, 2.75) is 19.5 Å². The zero-order chi connectivity index (χ0) is 23.1. The van der Waals surface area contributed by atoms with E-state index in [1.54, 1.807) is 11.8 Å². The lowest BCUT2D eigenvalue weighted by Crippen LogP contribution is -2.41. The lowest BCUT2D eigenvalue weighted by molar-refractivity contribution is -0.137. The number of alkyl halides is 3. The molecule has 0 saturated carbocycles. The van der Waals surface area contributed by atoms with Crippen LogP contribution in [0.25, 0.3) is 10.9 Å². The fraction of sp³-hybridized carbons (Fsp3) is 0.304.